The largest absolute Gasteiger partial charge is 0.466 e. The molecule has 9 heterocycles. The normalized spacial score (nSPS) is 12.5. The Morgan fingerprint density at radius 2 is 0.661 bits per heavy atom. The molecular weight excluding hydrogens is 1540 g/mol. The molecule has 11 rings (SSSR count). The topological polar surface area (TPSA) is 77.9 Å². The van der Waals surface area contributed by atoms with Gasteiger partial charge in [-0.05, 0) is 160 Å². The van der Waals surface area contributed by atoms with Gasteiger partial charge in [0.2, 0.25) is 0 Å². The molecule has 112 heavy (non-hydrogen) atoms. The molecule has 2 atom stereocenters. The van der Waals surface area contributed by atoms with Gasteiger partial charge in [0.05, 0.1) is 30.1 Å². The lowest BCUT2D eigenvalue weighted by Crippen LogP contribution is -2.05. The van der Waals surface area contributed by atoms with E-state index < -0.39 is 0 Å². The van der Waals surface area contributed by atoms with Crippen LogP contribution in [0.2, 0.25) is 0 Å². The quantitative estimate of drug-likeness (QED) is 0.0279. The molecule has 0 aliphatic carbocycles. The highest BCUT2D eigenvalue weighted by atomic mass is 32.1. The molecule has 0 spiro atoms. The van der Waals surface area contributed by atoms with E-state index in [2.05, 4.69) is 120 Å². The number of rotatable bonds is 59. The summed E-state index contributed by atoms with van der Waals surface area (Å²) in [4.78, 5) is 31.2. The summed E-state index contributed by atoms with van der Waals surface area (Å²) in [5.41, 5.74) is 10.8. The van der Waals surface area contributed by atoms with Crippen LogP contribution in [-0.4, -0.2) is 30.1 Å². The number of carbonyl (C=O) groups excluding carboxylic acids is 1. The van der Waals surface area contributed by atoms with Crippen molar-refractivity contribution in [2.24, 2.45) is 11.8 Å². The van der Waals surface area contributed by atoms with Crippen molar-refractivity contribution < 1.29 is 9.53 Å². The Hall–Kier alpha value is -4.29. The maximum Gasteiger partial charge on any atom is 0.305 e. The van der Waals surface area contributed by atoms with Gasteiger partial charge in [0.15, 0.2) is 0 Å². The minimum atomic E-state index is -0.0739. The minimum absolute atomic E-state index is 0.0739. The highest BCUT2D eigenvalue weighted by molar-refractivity contribution is 7.31. The molecule has 0 aliphatic heterocycles. The number of benzene rings is 2. The van der Waals surface area contributed by atoms with Crippen molar-refractivity contribution in [1.82, 2.24) is 17.5 Å². The van der Waals surface area contributed by atoms with Gasteiger partial charge in [-0.15, -0.1) is 79.4 Å². The second-order valence-corrected chi connectivity index (χ2v) is 41.7. The van der Waals surface area contributed by atoms with E-state index in [1.807, 2.05) is 86.3 Å². The van der Waals surface area contributed by atoms with Gasteiger partial charge in [0.25, 0.3) is 0 Å². The Morgan fingerprint density at radius 1 is 0.321 bits per heavy atom. The average Bonchev–Trinajstić information content (AvgIpc) is 1.47. The number of thiophene rings is 7. The lowest BCUT2D eigenvalue weighted by atomic mass is 9.88. The summed E-state index contributed by atoms with van der Waals surface area (Å²) in [6, 6.07) is 31.4. The van der Waals surface area contributed by atoms with Gasteiger partial charge in [0, 0.05) is 96.6 Å². The van der Waals surface area contributed by atoms with Crippen LogP contribution in [0, 0.1) is 25.7 Å². The Kier molecular flexibility index (Phi) is 38.9. The van der Waals surface area contributed by atoms with Gasteiger partial charge in [-0.3, -0.25) is 4.79 Å². The van der Waals surface area contributed by atoms with E-state index in [0.717, 1.165) is 77.3 Å². The first-order valence-electron chi connectivity index (χ1n) is 44.9. The molecule has 0 saturated heterocycles. The van der Waals surface area contributed by atoms with Crippen molar-refractivity contribution in [3.8, 4) is 69.7 Å². The van der Waals surface area contributed by atoms with Crippen molar-refractivity contribution in [3.63, 3.8) is 0 Å². The zero-order valence-electron chi connectivity index (χ0n) is 69.6. The summed E-state index contributed by atoms with van der Waals surface area (Å²) in [5, 5.41) is 2.27. The van der Waals surface area contributed by atoms with Crippen LogP contribution in [0.5, 0.6) is 0 Å². The first kappa shape index (κ1) is 88.5. The molecule has 9 aromatic heterocycles. The molecule has 0 fully saturated rings. The maximum absolute atomic E-state index is 12.2. The van der Waals surface area contributed by atoms with Gasteiger partial charge >= 0.3 is 5.97 Å². The summed E-state index contributed by atoms with van der Waals surface area (Å²) >= 11 is 16.4. The first-order valence-corrected chi connectivity index (χ1v) is 52.0. The molecule has 0 amide bonds. The Morgan fingerprint density at radius 3 is 1.11 bits per heavy atom. The molecule has 15 heteroatoms. The number of nitrogens with zero attached hydrogens (tertiary/aromatic N) is 4. The van der Waals surface area contributed by atoms with Crippen LogP contribution in [-0.2, 0) is 28.8 Å². The van der Waals surface area contributed by atoms with E-state index in [0.29, 0.717) is 18.9 Å². The molecule has 0 aliphatic rings. The smallest absolute Gasteiger partial charge is 0.305 e. The Balaban J connectivity index is 0.881. The number of aromatic nitrogens is 4. The fraction of sp³-hybridized carbons (Fsp3) is 0.598. The highest BCUT2D eigenvalue weighted by Crippen LogP contribution is 2.52. The van der Waals surface area contributed by atoms with Crippen LogP contribution in [0.4, 0.5) is 0 Å². The summed E-state index contributed by atoms with van der Waals surface area (Å²) in [7, 11) is 0. The Bertz CT molecular complexity index is 4480. The third-order valence-corrected chi connectivity index (χ3v) is 33.3. The van der Waals surface area contributed by atoms with E-state index in [4.69, 9.17) is 22.2 Å². The van der Waals surface area contributed by atoms with E-state index in [1.54, 1.807) is 0 Å². The van der Waals surface area contributed by atoms with Crippen LogP contribution < -0.4 is 0 Å². The predicted molar refractivity (Wildman–Crippen MR) is 504 cm³/mol. The average molecular weight is 1680 g/mol. The highest BCUT2D eigenvalue weighted by Gasteiger charge is 2.26. The van der Waals surface area contributed by atoms with Crippen molar-refractivity contribution in [2.75, 3.05) is 6.61 Å². The standard InChI is InChI=1S/C97H134N4O2S9/c1-8-13-17-21-25-29-31-35-39-44-50-72(49-43-37-33-27-23-19-15-10-3)63-75-66-88(105-71(75)7)79-68-77-78(92-94(79)100-111-98-92)69-80(95-93(77)99-112-101-95)89-67-76(64-73(51-45-38-34-28-24-20-16-11-4)52-46-40-36-32-30-26-22-18-14-9-2)97(109-89)87-62-60-84(108-87)83-57-58-85(106-83)90-65-74(53-47-41-42-48-54-91(102)103-12-5)96(110-90)86-61-59-82(107-86)81-56-55-70(6)104-81/h55-62,65-69,72-73H,8-54,63-64H2,1-7H3. The van der Waals surface area contributed by atoms with Crippen LogP contribution in [0.1, 0.15) is 350 Å². The van der Waals surface area contributed by atoms with E-state index in [1.165, 1.54) is 383 Å². The van der Waals surface area contributed by atoms with Crippen molar-refractivity contribution in [2.45, 2.75) is 357 Å². The number of hydrogen-bond acceptors (Lipinski definition) is 15. The van der Waals surface area contributed by atoms with Gasteiger partial charge in [-0.25, -0.2) is 0 Å². The fourth-order valence-electron chi connectivity index (χ4n) is 17.0. The molecule has 2 aromatic carbocycles. The van der Waals surface area contributed by atoms with Gasteiger partial charge in [0.1, 0.15) is 22.1 Å². The van der Waals surface area contributed by atoms with Crippen LogP contribution in [0.25, 0.3) is 102 Å². The monoisotopic (exact) mass is 1670 g/mol. The second-order valence-electron chi connectivity index (χ2n) is 32.7. The number of hydrogen-bond donors (Lipinski definition) is 0. The summed E-state index contributed by atoms with van der Waals surface area (Å²) in [5.74, 6) is 1.29. The SMILES string of the molecule is CCCCCCCCCCCCC(CCCCCCCCCC)Cc1cc(-c2cc3c(cc(-c4cc(CC(CCCCCCCCCC)CCCCCCCCCCCC)c(-c5ccc(-c6ccc(-c7cc(CCCCCCC(=O)OCC)c(-c8ccc(-c9ccc(C)s9)s8)s7)s6)s5)s4)c4nsnc43)c3nsnc23)sc1C. The zero-order valence-corrected chi connectivity index (χ0v) is 76.9. The molecule has 0 bridgehead atoms. The third kappa shape index (κ3) is 26.9. The van der Waals surface area contributed by atoms with Crippen molar-refractivity contribution in [3.05, 3.63) is 105 Å². The number of ether oxygens (including phenoxy) is 1. The molecule has 608 valence electrons. The maximum atomic E-state index is 12.2. The van der Waals surface area contributed by atoms with Crippen LogP contribution >= 0.6 is 103 Å². The van der Waals surface area contributed by atoms with Gasteiger partial charge in [-0.1, -0.05) is 297 Å². The van der Waals surface area contributed by atoms with Crippen molar-refractivity contribution >= 4 is 142 Å². The van der Waals surface area contributed by atoms with Crippen LogP contribution in [0.3, 0.4) is 0 Å². The lowest BCUT2D eigenvalue weighted by Gasteiger charge is -2.17. The minimum Gasteiger partial charge on any atom is -0.466 e. The number of fused-ring (bicyclic) bond motifs is 5. The Labute approximate surface area is 712 Å². The molecule has 0 N–H and O–H groups in total. The van der Waals surface area contributed by atoms with Gasteiger partial charge < -0.3 is 4.74 Å². The number of unbranched alkanes of at least 4 members (excludes halogenated alkanes) is 35. The van der Waals surface area contributed by atoms with E-state index >= 15 is 0 Å². The molecule has 2 unspecified atom stereocenters. The first-order chi connectivity index (χ1) is 55.1. The summed E-state index contributed by atoms with van der Waals surface area (Å²) < 4.78 is 26.2. The van der Waals surface area contributed by atoms with Crippen molar-refractivity contribution in [1.29, 1.82) is 0 Å². The number of carbonyl (C=O) groups is 1. The number of aryl methyl sites for hydroxylation is 3. The van der Waals surface area contributed by atoms with Gasteiger partial charge in [-0.2, -0.15) is 17.5 Å². The lowest BCUT2D eigenvalue weighted by molar-refractivity contribution is -0.143. The molecule has 11 aromatic rings. The molecule has 6 nitrogen and oxygen atoms in total. The number of esters is 1. The third-order valence-electron chi connectivity index (χ3n) is 23.5. The molecule has 0 radical (unpaired) electrons. The summed E-state index contributed by atoms with van der Waals surface area (Å²) in [6.07, 6.45) is 62.8. The van der Waals surface area contributed by atoms with E-state index in [9.17, 15) is 4.79 Å². The fourth-order valence-corrected chi connectivity index (χ4v) is 26.0. The molecular formula is C97H134N4O2S9. The zero-order chi connectivity index (χ0) is 77.9. The van der Waals surface area contributed by atoms with E-state index in [-0.39, 0.29) is 5.97 Å². The second kappa shape index (κ2) is 49.2. The predicted octanol–water partition coefficient (Wildman–Crippen LogP) is 35.6. The molecule has 0 saturated carbocycles. The van der Waals surface area contributed by atoms with Crippen LogP contribution in [0.15, 0.2) is 78.9 Å². The summed E-state index contributed by atoms with van der Waals surface area (Å²) in [6.45, 7) is 16.2.